The predicted molar refractivity (Wildman–Crippen MR) is 95.0 cm³/mol. The quantitative estimate of drug-likeness (QED) is 0.566. The number of benzene rings is 1. The van der Waals surface area contributed by atoms with Crippen LogP contribution < -0.4 is 5.32 Å². The lowest BCUT2D eigenvalue weighted by atomic mass is 10.2. The van der Waals surface area contributed by atoms with Gasteiger partial charge in [0, 0.05) is 24.0 Å². The SMILES string of the molecule is CCCc1nc2cc(C)ccn2c1C(=O)Nc1cccc([N+](=O)[O-])c1. The van der Waals surface area contributed by atoms with Gasteiger partial charge < -0.3 is 5.32 Å². The molecule has 1 aromatic carbocycles. The van der Waals surface area contributed by atoms with Crippen molar-refractivity contribution in [3.8, 4) is 0 Å². The molecule has 1 amide bonds. The fraction of sp³-hybridized carbons (Fsp3) is 0.222. The maximum Gasteiger partial charge on any atom is 0.274 e. The first-order valence-electron chi connectivity index (χ1n) is 8.03. The summed E-state index contributed by atoms with van der Waals surface area (Å²) in [6, 6.07) is 9.72. The van der Waals surface area contributed by atoms with E-state index in [2.05, 4.69) is 10.3 Å². The molecule has 0 saturated carbocycles. The number of carbonyl (C=O) groups is 1. The van der Waals surface area contributed by atoms with Crippen LogP contribution in [0.15, 0.2) is 42.6 Å². The highest BCUT2D eigenvalue weighted by Crippen LogP contribution is 2.20. The molecule has 0 radical (unpaired) electrons. The van der Waals surface area contributed by atoms with Gasteiger partial charge in [0.1, 0.15) is 11.3 Å². The van der Waals surface area contributed by atoms with Crippen LogP contribution >= 0.6 is 0 Å². The number of anilines is 1. The van der Waals surface area contributed by atoms with Crippen LogP contribution in [0.2, 0.25) is 0 Å². The molecule has 1 N–H and O–H groups in total. The molecular weight excluding hydrogens is 320 g/mol. The molecule has 3 rings (SSSR count). The molecular formula is C18H18N4O3. The van der Waals surface area contributed by atoms with E-state index in [0.29, 0.717) is 23.4 Å². The third kappa shape index (κ3) is 3.35. The minimum Gasteiger partial charge on any atom is -0.320 e. The Morgan fingerprint density at radius 3 is 2.84 bits per heavy atom. The number of hydrogen-bond donors (Lipinski definition) is 1. The Hall–Kier alpha value is -3.22. The second kappa shape index (κ2) is 6.72. The molecule has 25 heavy (non-hydrogen) atoms. The monoisotopic (exact) mass is 338 g/mol. The van der Waals surface area contributed by atoms with Gasteiger partial charge in [0.25, 0.3) is 11.6 Å². The van der Waals surface area contributed by atoms with Gasteiger partial charge in [-0.2, -0.15) is 0 Å². The number of rotatable bonds is 5. The zero-order chi connectivity index (χ0) is 18.0. The molecule has 7 heteroatoms. The lowest BCUT2D eigenvalue weighted by Crippen LogP contribution is -2.16. The summed E-state index contributed by atoms with van der Waals surface area (Å²) in [5.74, 6) is -0.333. The molecule has 0 fully saturated rings. The van der Waals surface area contributed by atoms with E-state index < -0.39 is 4.92 Å². The smallest absolute Gasteiger partial charge is 0.274 e. The first-order chi connectivity index (χ1) is 12.0. The molecule has 7 nitrogen and oxygen atoms in total. The van der Waals surface area contributed by atoms with Gasteiger partial charge in [0.05, 0.1) is 10.6 Å². The fourth-order valence-corrected chi connectivity index (χ4v) is 2.73. The average molecular weight is 338 g/mol. The highest BCUT2D eigenvalue weighted by molar-refractivity contribution is 6.04. The lowest BCUT2D eigenvalue weighted by molar-refractivity contribution is -0.384. The second-order valence-electron chi connectivity index (χ2n) is 5.85. The molecule has 2 heterocycles. The number of carbonyl (C=O) groups excluding carboxylic acids is 1. The van der Waals surface area contributed by atoms with Crippen molar-refractivity contribution in [1.29, 1.82) is 0 Å². The number of nitro groups is 1. The van der Waals surface area contributed by atoms with Crippen molar-refractivity contribution in [3.63, 3.8) is 0 Å². The Balaban J connectivity index is 2.00. The van der Waals surface area contributed by atoms with Crippen molar-refractivity contribution in [2.24, 2.45) is 0 Å². The van der Waals surface area contributed by atoms with Crippen molar-refractivity contribution in [3.05, 3.63) is 69.7 Å². The van der Waals surface area contributed by atoms with E-state index in [0.717, 1.165) is 17.7 Å². The molecule has 2 aromatic heterocycles. The van der Waals surface area contributed by atoms with Crippen LogP contribution in [-0.2, 0) is 6.42 Å². The van der Waals surface area contributed by atoms with Gasteiger partial charge in [-0.15, -0.1) is 0 Å². The summed E-state index contributed by atoms with van der Waals surface area (Å²) in [6.07, 6.45) is 3.36. The number of nitrogens with zero attached hydrogens (tertiary/aromatic N) is 3. The number of non-ortho nitro benzene ring substituents is 1. The van der Waals surface area contributed by atoms with Gasteiger partial charge >= 0.3 is 0 Å². The summed E-state index contributed by atoms with van der Waals surface area (Å²) in [4.78, 5) is 27.8. The van der Waals surface area contributed by atoms with Gasteiger partial charge in [-0.1, -0.05) is 19.4 Å². The van der Waals surface area contributed by atoms with E-state index in [1.54, 1.807) is 16.5 Å². The van der Waals surface area contributed by atoms with Gasteiger partial charge in [-0.05, 0) is 37.1 Å². The number of nitro benzene ring substituents is 1. The minimum absolute atomic E-state index is 0.0691. The van der Waals surface area contributed by atoms with Crippen LogP contribution in [-0.4, -0.2) is 20.2 Å². The van der Waals surface area contributed by atoms with E-state index in [4.69, 9.17) is 0 Å². The van der Waals surface area contributed by atoms with Crippen LogP contribution in [0.25, 0.3) is 5.65 Å². The number of amides is 1. The highest BCUT2D eigenvalue weighted by atomic mass is 16.6. The van der Waals surface area contributed by atoms with E-state index in [1.165, 1.54) is 12.1 Å². The van der Waals surface area contributed by atoms with Crippen molar-refractivity contribution in [1.82, 2.24) is 9.38 Å². The Morgan fingerprint density at radius 1 is 1.32 bits per heavy atom. The van der Waals surface area contributed by atoms with Gasteiger partial charge in [-0.25, -0.2) is 4.98 Å². The first-order valence-corrected chi connectivity index (χ1v) is 8.03. The van der Waals surface area contributed by atoms with Crippen molar-refractivity contribution in [2.45, 2.75) is 26.7 Å². The highest BCUT2D eigenvalue weighted by Gasteiger charge is 2.19. The molecule has 0 aliphatic carbocycles. The van der Waals surface area contributed by atoms with Gasteiger partial charge in [0.2, 0.25) is 0 Å². The summed E-state index contributed by atoms with van der Waals surface area (Å²) in [6.45, 7) is 3.99. The maximum atomic E-state index is 12.8. The molecule has 0 saturated heterocycles. The van der Waals surface area contributed by atoms with Gasteiger partial charge in [0.15, 0.2) is 0 Å². The third-order valence-corrected chi connectivity index (χ3v) is 3.87. The maximum absolute atomic E-state index is 12.8. The normalized spacial score (nSPS) is 10.8. The lowest BCUT2D eigenvalue weighted by Gasteiger charge is -2.07. The van der Waals surface area contributed by atoms with Crippen LogP contribution in [0.4, 0.5) is 11.4 Å². The average Bonchev–Trinajstić information content (AvgIpc) is 2.92. The number of pyridine rings is 1. The zero-order valence-corrected chi connectivity index (χ0v) is 14.0. The fourth-order valence-electron chi connectivity index (χ4n) is 2.73. The number of nitrogens with one attached hydrogen (secondary N) is 1. The van der Waals surface area contributed by atoms with Gasteiger partial charge in [-0.3, -0.25) is 19.3 Å². The van der Waals surface area contributed by atoms with Crippen molar-refractivity contribution >= 4 is 22.9 Å². The third-order valence-electron chi connectivity index (χ3n) is 3.87. The van der Waals surface area contributed by atoms with E-state index in [1.807, 2.05) is 32.2 Å². The van der Waals surface area contributed by atoms with E-state index in [-0.39, 0.29) is 11.6 Å². The zero-order valence-electron chi connectivity index (χ0n) is 14.0. The Morgan fingerprint density at radius 2 is 2.12 bits per heavy atom. The van der Waals surface area contributed by atoms with Crippen LogP contribution in [0.1, 0.15) is 35.1 Å². The van der Waals surface area contributed by atoms with Crippen molar-refractivity contribution in [2.75, 3.05) is 5.32 Å². The number of aryl methyl sites for hydroxylation is 2. The standard InChI is InChI=1S/C18H18N4O3/c1-3-5-15-17(21-9-8-12(2)10-16(21)20-15)18(23)19-13-6-4-7-14(11-13)22(24)25/h4,6-11H,3,5H2,1-2H3,(H,19,23). The predicted octanol–water partition coefficient (Wildman–Crippen LogP) is 3.76. The molecule has 0 spiro atoms. The second-order valence-corrected chi connectivity index (χ2v) is 5.85. The number of fused-ring (bicyclic) bond motifs is 1. The summed E-state index contributed by atoms with van der Waals surface area (Å²) < 4.78 is 1.75. The Bertz CT molecular complexity index is 962. The largest absolute Gasteiger partial charge is 0.320 e. The summed E-state index contributed by atoms with van der Waals surface area (Å²) in [5, 5.41) is 13.6. The number of imidazole rings is 1. The molecule has 0 bridgehead atoms. The van der Waals surface area contributed by atoms with Crippen molar-refractivity contribution < 1.29 is 9.72 Å². The minimum atomic E-state index is -0.491. The Labute approximate surface area is 144 Å². The number of hydrogen-bond acceptors (Lipinski definition) is 4. The molecule has 0 aliphatic heterocycles. The summed E-state index contributed by atoms with van der Waals surface area (Å²) >= 11 is 0. The summed E-state index contributed by atoms with van der Waals surface area (Å²) in [5.41, 5.74) is 3.27. The molecule has 3 aromatic rings. The number of aromatic nitrogens is 2. The molecule has 0 aliphatic rings. The first kappa shape index (κ1) is 16.6. The summed E-state index contributed by atoms with van der Waals surface area (Å²) in [7, 11) is 0. The van der Waals surface area contributed by atoms with Crippen LogP contribution in [0.3, 0.4) is 0 Å². The van der Waals surface area contributed by atoms with E-state index >= 15 is 0 Å². The topological polar surface area (TPSA) is 89.5 Å². The molecule has 0 atom stereocenters. The van der Waals surface area contributed by atoms with E-state index in [9.17, 15) is 14.9 Å². The Kier molecular flexibility index (Phi) is 4.47. The van der Waals surface area contributed by atoms with Crippen LogP contribution in [0.5, 0.6) is 0 Å². The van der Waals surface area contributed by atoms with Crippen LogP contribution in [0, 0.1) is 17.0 Å². The molecule has 128 valence electrons. The molecule has 0 unspecified atom stereocenters.